The minimum Gasteiger partial charge on any atom is -0.380 e. The van der Waals surface area contributed by atoms with E-state index in [4.69, 9.17) is 0 Å². The van der Waals surface area contributed by atoms with Gasteiger partial charge in [0.15, 0.2) is 0 Å². The van der Waals surface area contributed by atoms with Gasteiger partial charge in [0.1, 0.15) is 0 Å². The second-order valence-electron chi connectivity index (χ2n) is 5.65. The molecule has 0 aliphatic carbocycles. The molecule has 1 atom stereocenters. The number of hydrogen-bond acceptors (Lipinski definition) is 4. The number of thioether (sulfide) groups is 1. The number of non-ortho nitro benzene ring substituents is 1. The molecule has 104 valence electrons. The fourth-order valence-corrected chi connectivity index (χ4v) is 3.95. The Morgan fingerprint density at radius 3 is 2.89 bits per heavy atom. The molecule has 1 unspecified atom stereocenters. The van der Waals surface area contributed by atoms with E-state index in [9.17, 15) is 10.1 Å². The number of nitrogens with zero attached hydrogens (tertiary/aromatic N) is 1. The SMILES string of the molecule is CC1(C)CSCC(Nc2cc([N+](=O)[O-])ccc2Br)C1. The molecule has 1 N–H and O–H groups in total. The van der Waals surface area contributed by atoms with Gasteiger partial charge in [0, 0.05) is 28.4 Å². The Balaban J connectivity index is 2.14. The molecule has 1 aromatic rings. The van der Waals surface area contributed by atoms with Gasteiger partial charge in [-0.3, -0.25) is 10.1 Å². The smallest absolute Gasteiger partial charge is 0.271 e. The summed E-state index contributed by atoms with van der Waals surface area (Å²) in [6.07, 6.45) is 1.08. The number of benzene rings is 1. The van der Waals surface area contributed by atoms with E-state index < -0.39 is 0 Å². The van der Waals surface area contributed by atoms with Crippen LogP contribution in [0.3, 0.4) is 0 Å². The summed E-state index contributed by atoms with van der Waals surface area (Å²) in [4.78, 5) is 10.5. The molecule has 1 aromatic carbocycles. The van der Waals surface area contributed by atoms with Gasteiger partial charge in [-0.25, -0.2) is 0 Å². The maximum Gasteiger partial charge on any atom is 0.271 e. The Labute approximate surface area is 125 Å². The molecule has 0 aromatic heterocycles. The van der Waals surface area contributed by atoms with Crippen molar-refractivity contribution in [1.82, 2.24) is 0 Å². The summed E-state index contributed by atoms with van der Waals surface area (Å²) in [6.45, 7) is 4.52. The Morgan fingerprint density at radius 2 is 2.26 bits per heavy atom. The van der Waals surface area contributed by atoms with Crippen LogP contribution in [0.5, 0.6) is 0 Å². The van der Waals surface area contributed by atoms with Gasteiger partial charge in [-0.05, 0) is 39.6 Å². The number of nitro benzene ring substituents is 1. The molecule has 0 radical (unpaired) electrons. The van der Waals surface area contributed by atoms with E-state index in [-0.39, 0.29) is 10.6 Å². The molecule has 1 aliphatic rings. The third-order valence-electron chi connectivity index (χ3n) is 3.13. The van der Waals surface area contributed by atoms with Crippen molar-refractivity contribution in [3.8, 4) is 0 Å². The number of nitrogens with one attached hydrogen (secondary N) is 1. The standard InChI is InChI=1S/C13H17BrN2O2S/c1-13(2)6-9(7-19-8-13)15-12-5-10(16(17)18)3-4-11(12)14/h3-5,9,15H,6-8H2,1-2H3. The van der Waals surface area contributed by atoms with E-state index in [2.05, 4.69) is 35.1 Å². The minimum absolute atomic E-state index is 0.119. The topological polar surface area (TPSA) is 55.2 Å². The molecule has 0 bridgehead atoms. The molecular formula is C13H17BrN2O2S. The van der Waals surface area contributed by atoms with Gasteiger partial charge in [0.25, 0.3) is 5.69 Å². The van der Waals surface area contributed by atoms with Gasteiger partial charge < -0.3 is 5.32 Å². The molecule has 19 heavy (non-hydrogen) atoms. The normalized spacial score (nSPS) is 21.9. The van der Waals surface area contributed by atoms with E-state index in [1.54, 1.807) is 12.1 Å². The first-order valence-electron chi connectivity index (χ1n) is 6.16. The summed E-state index contributed by atoms with van der Waals surface area (Å²) in [5.41, 5.74) is 1.24. The number of halogens is 1. The summed E-state index contributed by atoms with van der Waals surface area (Å²) in [5, 5.41) is 14.2. The predicted molar refractivity (Wildman–Crippen MR) is 83.9 cm³/mol. The summed E-state index contributed by atoms with van der Waals surface area (Å²) in [6, 6.07) is 5.18. The van der Waals surface area contributed by atoms with Gasteiger partial charge in [-0.2, -0.15) is 11.8 Å². The zero-order valence-corrected chi connectivity index (χ0v) is 13.4. The molecule has 1 aliphatic heterocycles. The lowest BCUT2D eigenvalue weighted by Crippen LogP contribution is -2.35. The second-order valence-corrected chi connectivity index (χ2v) is 7.53. The second kappa shape index (κ2) is 5.71. The van der Waals surface area contributed by atoms with Gasteiger partial charge in [0.2, 0.25) is 0 Å². The van der Waals surface area contributed by atoms with Gasteiger partial charge in [-0.1, -0.05) is 13.8 Å². The van der Waals surface area contributed by atoms with Crippen molar-refractivity contribution in [1.29, 1.82) is 0 Å². The lowest BCUT2D eigenvalue weighted by atomic mass is 9.88. The lowest BCUT2D eigenvalue weighted by molar-refractivity contribution is -0.384. The number of anilines is 1. The minimum atomic E-state index is -0.364. The molecule has 4 nitrogen and oxygen atoms in total. The van der Waals surface area contributed by atoms with Crippen LogP contribution in [0.1, 0.15) is 20.3 Å². The van der Waals surface area contributed by atoms with E-state index >= 15 is 0 Å². The van der Waals surface area contributed by atoms with Crippen LogP contribution in [-0.4, -0.2) is 22.5 Å². The first-order valence-corrected chi connectivity index (χ1v) is 8.10. The summed E-state index contributed by atoms with van der Waals surface area (Å²) in [5.74, 6) is 2.21. The predicted octanol–water partition coefficient (Wildman–Crippen LogP) is 4.30. The summed E-state index contributed by atoms with van der Waals surface area (Å²) < 4.78 is 0.867. The van der Waals surface area contributed by atoms with Crippen molar-refractivity contribution in [2.45, 2.75) is 26.3 Å². The Bertz CT molecular complexity index is 494. The van der Waals surface area contributed by atoms with E-state index in [0.717, 1.165) is 22.3 Å². The van der Waals surface area contributed by atoms with Crippen LogP contribution >= 0.6 is 27.7 Å². The third kappa shape index (κ3) is 3.86. The van der Waals surface area contributed by atoms with Crippen LogP contribution < -0.4 is 5.32 Å². The summed E-state index contributed by atoms with van der Waals surface area (Å²) >= 11 is 5.38. The Morgan fingerprint density at radius 1 is 1.53 bits per heavy atom. The van der Waals surface area contributed by atoms with Crippen LogP contribution in [0.2, 0.25) is 0 Å². The van der Waals surface area contributed by atoms with E-state index in [1.807, 2.05) is 11.8 Å². The first kappa shape index (κ1) is 14.7. The molecule has 0 spiro atoms. The number of hydrogen-bond donors (Lipinski definition) is 1. The quantitative estimate of drug-likeness (QED) is 0.655. The average Bonchev–Trinajstić information content (AvgIpc) is 2.30. The zero-order valence-electron chi connectivity index (χ0n) is 11.0. The van der Waals surface area contributed by atoms with Crippen molar-refractivity contribution in [2.75, 3.05) is 16.8 Å². The Hall–Kier alpha value is -0.750. The van der Waals surface area contributed by atoms with Crippen molar-refractivity contribution in [2.24, 2.45) is 5.41 Å². The molecule has 0 saturated carbocycles. The van der Waals surface area contributed by atoms with Crippen LogP contribution in [0.15, 0.2) is 22.7 Å². The first-order chi connectivity index (χ1) is 8.87. The zero-order chi connectivity index (χ0) is 14.0. The lowest BCUT2D eigenvalue weighted by Gasteiger charge is -2.35. The maximum absolute atomic E-state index is 10.8. The molecule has 1 fully saturated rings. The van der Waals surface area contributed by atoms with E-state index in [1.165, 1.54) is 11.8 Å². The van der Waals surface area contributed by atoms with Crippen molar-refractivity contribution >= 4 is 39.1 Å². The van der Waals surface area contributed by atoms with Gasteiger partial charge in [0.05, 0.1) is 10.6 Å². The highest BCUT2D eigenvalue weighted by Gasteiger charge is 2.28. The van der Waals surface area contributed by atoms with Crippen LogP contribution in [0.4, 0.5) is 11.4 Å². The van der Waals surface area contributed by atoms with Crippen molar-refractivity contribution in [3.63, 3.8) is 0 Å². The van der Waals surface area contributed by atoms with E-state index in [0.29, 0.717) is 11.5 Å². The fraction of sp³-hybridized carbons (Fsp3) is 0.538. The van der Waals surface area contributed by atoms with Gasteiger partial charge >= 0.3 is 0 Å². The largest absolute Gasteiger partial charge is 0.380 e. The maximum atomic E-state index is 10.8. The molecule has 6 heteroatoms. The highest BCUT2D eigenvalue weighted by Crippen LogP contribution is 2.36. The summed E-state index contributed by atoms with van der Waals surface area (Å²) in [7, 11) is 0. The molecule has 2 rings (SSSR count). The molecule has 0 amide bonds. The number of rotatable bonds is 3. The van der Waals surface area contributed by atoms with Gasteiger partial charge in [-0.15, -0.1) is 0 Å². The highest BCUT2D eigenvalue weighted by atomic mass is 79.9. The average molecular weight is 345 g/mol. The molecule has 1 heterocycles. The van der Waals surface area contributed by atoms with Crippen LogP contribution in [-0.2, 0) is 0 Å². The highest BCUT2D eigenvalue weighted by molar-refractivity contribution is 9.10. The number of nitro groups is 1. The third-order valence-corrected chi connectivity index (χ3v) is 5.45. The Kier molecular flexibility index (Phi) is 4.40. The molecular weight excluding hydrogens is 328 g/mol. The molecule has 1 saturated heterocycles. The van der Waals surface area contributed by atoms with Crippen LogP contribution in [0.25, 0.3) is 0 Å². The fourth-order valence-electron chi connectivity index (χ4n) is 2.31. The van der Waals surface area contributed by atoms with Crippen molar-refractivity contribution in [3.05, 3.63) is 32.8 Å². The van der Waals surface area contributed by atoms with Crippen molar-refractivity contribution < 1.29 is 4.92 Å². The monoisotopic (exact) mass is 344 g/mol. The van der Waals surface area contributed by atoms with Crippen LogP contribution in [0, 0.1) is 15.5 Å².